The van der Waals surface area contributed by atoms with Crippen LogP contribution in [-0.4, -0.2) is 17.1 Å². The van der Waals surface area contributed by atoms with Gasteiger partial charge in [-0.3, -0.25) is 10.1 Å². The number of rotatable bonds is 16. The largest absolute Gasteiger partial charge is 0.508 e. The number of ether oxygens (including phenoxy) is 1. The molecule has 0 saturated heterocycles. The molecule has 35 heavy (non-hydrogen) atoms. The van der Waals surface area contributed by atoms with Crippen molar-refractivity contribution in [2.75, 3.05) is 7.11 Å². The molecule has 0 aliphatic rings. The molecule has 0 radical (unpaired) electrons. The molecule has 0 amide bonds. The lowest BCUT2D eigenvalue weighted by Crippen LogP contribution is -1.90. The number of hydrogen-bond donors (Lipinski definition) is 1. The number of benzene rings is 2. The first kappa shape index (κ1) is 27.8. The summed E-state index contributed by atoms with van der Waals surface area (Å²) in [4.78, 5) is 10.5. The SMILES string of the molecule is CCC/C=C/C/C=C/CCCCCCCc1cc(O)ccc1N=Nc1ccc([N+](=O)[O-])cc1OC. The fraction of sp³-hybridized carbons (Fsp3) is 0.429. The third-order valence-corrected chi connectivity index (χ3v) is 5.58. The summed E-state index contributed by atoms with van der Waals surface area (Å²) >= 11 is 0. The van der Waals surface area contributed by atoms with Crippen LogP contribution < -0.4 is 4.74 Å². The van der Waals surface area contributed by atoms with E-state index in [4.69, 9.17) is 4.74 Å². The maximum Gasteiger partial charge on any atom is 0.273 e. The zero-order chi connectivity index (χ0) is 25.3. The number of aromatic hydroxyl groups is 1. The van der Waals surface area contributed by atoms with Crippen molar-refractivity contribution in [3.05, 3.63) is 76.4 Å². The van der Waals surface area contributed by atoms with Crippen LogP contribution in [0.3, 0.4) is 0 Å². The Morgan fingerprint density at radius 3 is 2.34 bits per heavy atom. The lowest BCUT2D eigenvalue weighted by Gasteiger charge is -2.07. The van der Waals surface area contributed by atoms with E-state index in [1.165, 1.54) is 51.0 Å². The number of methoxy groups -OCH3 is 1. The Balaban J connectivity index is 1.81. The molecule has 7 nitrogen and oxygen atoms in total. The minimum absolute atomic E-state index is 0.0679. The van der Waals surface area contributed by atoms with Crippen LogP contribution in [0, 0.1) is 10.1 Å². The standard InChI is InChI=1S/C28H37N3O4/c1-3-4-5-6-7-8-9-10-11-12-13-14-15-16-23-21-25(32)18-20-26(23)29-30-27-19-17-24(31(33)34)22-28(27)35-2/h5-6,8-9,17-22,32H,3-4,7,10-16H2,1-2H3/b6-5+,9-8+,30-29?. The second-order valence-electron chi connectivity index (χ2n) is 8.40. The highest BCUT2D eigenvalue weighted by molar-refractivity contribution is 5.57. The number of nitro groups is 1. The van der Waals surface area contributed by atoms with E-state index in [9.17, 15) is 15.2 Å². The van der Waals surface area contributed by atoms with Gasteiger partial charge in [0.1, 0.15) is 11.4 Å². The Kier molecular flexibility index (Phi) is 12.8. The zero-order valence-corrected chi connectivity index (χ0v) is 20.9. The third-order valence-electron chi connectivity index (χ3n) is 5.58. The lowest BCUT2D eigenvalue weighted by atomic mass is 10.0. The van der Waals surface area contributed by atoms with Gasteiger partial charge in [-0.25, -0.2) is 0 Å². The smallest absolute Gasteiger partial charge is 0.273 e. The number of azo groups is 1. The number of non-ortho nitro benzene ring substituents is 1. The van der Waals surface area contributed by atoms with Crippen molar-refractivity contribution in [2.24, 2.45) is 10.2 Å². The van der Waals surface area contributed by atoms with Crippen molar-refractivity contribution in [2.45, 2.75) is 71.1 Å². The van der Waals surface area contributed by atoms with Crippen LogP contribution in [-0.2, 0) is 6.42 Å². The van der Waals surface area contributed by atoms with Gasteiger partial charge >= 0.3 is 0 Å². The molecule has 0 aromatic heterocycles. The lowest BCUT2D eigenvalue weighted by molar-refractivity contribution is -0.384. The molecule has 0 bridgehead atoms. The molecule has 0 aliphatic carbocycles. The molecular weight excluding hydrogens is 442 g/mol. The molecule has 2 rings (SSSR count). The van der Waals surface area contributed by atoms with E-state index in [2.05, 4.69) is 41.5 Å². The van der Waals surface area contributed by atoms with Crippen LogP contribution in [0.1, 0.15) is 70.3 Å². The van der Waals surface area contributed by atoms with Gasteiger partial charge in [-0.05, 0) is 68.4 Å². The van der Waals surface area contributed by atoms with Gasteiger partial charge in [-0.15, -0.1) is 5.11 Å². The van der Waals surface area contributed by atoms with Gasteiger partial charge in [0.05, 0.1) is 23.8 Å². The number of phenolic OH excluding ortho intramolecular Hbond substituents is 1. The van der Waals surface area contributed by atoms with E-state index >= 15 is 0 Å². The molecule has 7 heteroatoms. The number of nitrogens with zero attached hydrogens (tertiary/aromatic N) is 3. The van der Waals surface area contributed by atoms with Crippen molar-refractivity contribution >= 4 is 17.1 Å². The Morgan fingerprint density at radius 1 is 0.914 bits per heavy atom. The summed E-state index contributed by atoms with van der Waals surface area (Å²) in [5, 5.41) is 29.5. The fourth-order valence-electron chi connectivity index (χ4n) is 3.62. The van der Waals surface area contributed by atoms with Crippen LogP contribution in [0.2, 0.25) is 0 Å². The third kappa shape index (κ3) is 10.5. The Labute approximate surface area is 208 Å². The van der Waals surface area contributed by atoms with Crippen molar-refractivity contribution in [1.82, 2.24) is 0 Å². The number of allylic oxidation sites excluding steroid dienone is 4. The minimum atomic E-state index is -0.481. The average molecular weight is 480 g/mol. The van der Waals surface area contributed by atoms with E-state index in [0.29, 0.717) is 11.4 Å². The van der Waals surface area contributed by atoms with Gasteiger partial charge in [-0.2, -0.15) is 5.11 Å². The second-order valence-corrected chi connectivity index (χ2v) is 8.40. The molecular formula is C28H37N3O4. The molecule has 0 fully saturated rings. The zero-order valence-electron chi connectivity index (χ0n) is 20.9. The minimum Gasteiger partial charge on any atom is -0.508 e. The van der Waals surface area contributed by atoms with Gasteiger partial charge in [0.2, 0.25) is 0 Å². The maximum absolute atomic E-state index is 11.0. The molecule has 0 heterocycles. The van der Waals surface area contributed by atoms with E-state index < -0.39 is 4.92 Å². The number of hydrogen-bond acceptors (Lipinski definition) is 6. The summed E-state index contributed by atoms with van der Waals surface area (Å²) in [6.45, 7) is 2.19. The number of phenols is 1. The van der Waals surface area contributed by atoms with E-state index in [1.807, 2.05) is 0 Å². The summed E-state index contributed by atoms with van der Waals surface area (Å²) in [6.07, 6.45) is 20.0. The topological polar surface area (TPSA) is 97.3 Å². The van der Waals surface area contributed by atoms with Gasteiger partial charge in [0.15, 0.2) is 5.75 Å². The van der Waals surface area contributed by atoms with Crippen molar-refractivity contribution in [3.63, 3.8) is 0 Å². The summed E-state index contributed by atoms with van der Waals surface area (Å²) in [5.74, 6) is 0.481. The summed E-state index contributed by atoms with van der Waals surface area (Å²) < 4.78 is 5.22. The first-order valence-electron chi connectivity index (χ1n) is 12.4. The van der Waals surface area contributed by atoms with E-state index in [1.54, 1.807) is 18.2 Å². The molecule has 1 N–H and O–H groups in total. The second kappa shape index (κ2) is 16.2. The summed E-state index contributed by atoms with van der Waals surface area (Å²) in [5.41, 5.74) is 1.93. The van der Waals surface area contributed by atoms with Crippen LogP contribution >= 0.6 is 0 Å². The van der Waals surface area contributed by atoms with Gasteiger partial charge in [0.25, 0.3) is 5.69 Å². The molecule has 0 atom stereocenters. The summed E-state index contributed by atoms with van der Waals surface area (Å²) in [6, 6.07) is 9.25. The first-order valence-corrected chi connectivity index (χ1v) is 12.4. The van der Waals surface area contributed by atoms with Crippen molar-refractivity contribution < 1.29 is 14.8 Å². The number of unbranched alkanes of at least 4 members (excludes halogenated alkanes) is 6. The van der Waals surface area contributed by atoms with Gasteiger partial charge in [0, 0.05) is 6.07 Å². The molecule has 0 spiro atoms. The monoisotopic (exact) mass is 479 g/mol. The molecule has 2 aromatic carbocycles. The van der Waals surface area contributed by atoms with Crippen LogP contribution in [0.4, 0.5) is 17.1 Å². The quantitative estimate of drug-likeness (QED) is 0.0854. The number of nitro benzene ring substituents is 1. The molecule has 188 valence electrons. The summed E-state index contributed by atoms with van der Waals surface area (Å²) in [7, 11) is 1.44. The Hall–Kier alpha value is -3.48. The predicted molar refractivity (Wildman–Crippen MR) is 141 cm³/mol. The maximum atomic E-state index is 11.0. The molecule has 0 unspecified atom stereocenters. The molecule has 0 saturated carbocycles. The normalized spacial score (nSPS) is 11.7. The van der Waals surface area contributed by atoms with E-state index in [0.717, 1.165) is 44.1 Å². The van der Waals surface area contributed by atoms with Crippen LogP contribution in [0.15, 0.2) is 70.9 Å². The van der Waals surface area contributed by atoms with Gasteiger partial charge in [-0.1, -0.05) is 56.9 Å². The molecule has 2 aromatic rings. The predicted octanol–water partition coefficient (Wildman–Crippen LogP) is 8.91. The Bertz CT molecular complexity index is 1020. The first-order chi connectivity index (χ1) is 17.0. The van der Waals surface area contributed by atoms with E-state index in [-0.39, 0.29) is 17.2 Å². The Morgan fingerprint density at radius 2 is 1.60 bits per heavy atom. The van der Waals surface area contributed by atoms with Gasteiger partial charge < -0.3 is 9.84 Å². The highest BCUT2D eigenvalue weighted by Crippen LogP contribution is 2.34. The average Bonchev–Trinajstić information content (AvgIpc) is 2.86. The number of aryl methyl sites for hydroxylation is 1. The highest BCUT2D eigenvalue weighted by atomic mass is 16.6. The highest BCUT2D eigenvalue weighted by Gasteiger charge is 2.11. The van der Waals surface area contributed by atoms with Crippen molar-refractivity contribution in [3.8, 4) is 11.5 Å². The molecule has 0 aliphatic heterocycles. The van der Waals surface area contributed by atoms with Crippen LogP contribution in [0.25, 0.3) is 0 Å². The fourth-order valence-corrected chi connectivity index (χ4v) is 3.62. The van der Waals surface area contributed by atoms with Crippen molar-refractivity contribution in [1.29, 1.82) is 0 Å². The van der Waals surface area contributed by atoms with Crippen LogP contribution in [0.5, 0.6) is 11.5 Å².